The number of hydrogen-bond donors (Lipinski definition) is 1. The maximum absolute atomic E-state index is 11.9. The highest BCUT2D eigenvalue weighted by molar-refractivity contribution is 7.91. The van der Waals surface area contributed by atoms with E-state index in [4.69, 9.17) is 0 Å². The number of nitrogens with one attached hydrogen (secondary N) is 1. The van der Waals surface area contributed by atoms with Gasteiger partial charge in [0.1, 0.15) is 5.75 Å². The van der Waals surface area contributed by atoms with Crippen LogP contribution < -0.4 is 5.32 Å². The predicted octanol–water partition coefficient (Wildman–Crippen LogP) is 0.0216. The molecule has 1 atom stereocenters. The molecule has 1 amide bonds. The van der Waals surface area contributed by atoms with E-state index in [0.717, 1.165) is 32.1 Å². The third kappa shape index (κ3) is 5.50. The number of sulfone groups is 1. The molecule has 1 aliphatic heterocycles. The molecule has 6 heteroatoms. The standard InChI is InChI=1S/C11H22N2O3S/c1-3-7-13(8-10-5-4-6-12-10)11(14)9-17(2,15)16/h10,12H,3-9H2,1-2H3. The second-order valence-electron chi connectivity index (χ2n) is 4.70. The molecule has 5 nitrogen and oxygen atoms in total. The second kappa shape index (κ2) is 6.35. The van der Waals surface area contributed by atoms with Gasteiger partial charge in [-0.3, -0.25) is 4.79 Å². The average Bonchev–Trinajstić information content (AvgIpc) is 2.67. The van der Waals surface area contributed by atoms with Crippen LogP contribution in [0.4, 0.5) is 0 Å². The van der Waals surface area contributed by atoms with Crippen LogP contribution >= 0.6 is 0 Å². The lowest BCUT2D eigenvalue weighted by Crippen LogP contribution is -2.43. The van der Waals surface area contributed by atoms with Gasteiger partial charge in [0, 0.05) is 25.4 Å². The summed E-state index contributed by atoms with van der Waals surface area (Å²) >= 11 is 0. The molecule has 0 aromatic carbocycles. The molecule has 0 spiro atoms. The van der Waals surface area contributed by atoms with Crippen LogP contribution in [0, 0.1) is 0 Å². The van der Waals surface area contributed by atoms with Crippen LogP contribution in [-0.2, 0) is 14.6 Å². The summed E-state index contributed by atoms with van der Waals surface area (Å²) < 4.78 is 22.2. The van der Waals surface area contributed by atoms with E-state index in [1.165, 1.54) is 0 Å². The van der Waals surface area contributed by atoms with Gasteiger partial charge in [0.15, 0.2) is 9.84 Å². The van der Waals surface area contributed by atoms with Crippen LogP contribution in [0.15, 0.2) is 0 Å². The number of carbonyl (C=O) groups excluding carboxylic acids is 1. The highest BCUT2D eigenvalue weighted by Crippen LogP contribution is 2.08. The molecule has 1 saturated heterocycles. The molecule has 1 rings (SSSR count). The quantitative estimate of drug-likeness (QED) is 0.733. The monoisotopic (exact) mass is 262 g/mol. The Labute approximate surface area is 103 Å². The first-order valence-electron chi connectivity index (χ1n) is 6.11. The van der Waals surface area contributed by atoms with E-state index >= 15 is 0 Å². The maximum Gasteiger partial charge on any atom is 0.237 e. The third-order valence-electron chi connectivity index (χ3n) is 2.84. The van der Waals surface area contributed by atoms with Crippen molar-refractivity contribution in [2.24, 2.45) is 0 Å². The summed E-state index contributed by atoms with van der Waals surface area (Å²) in [5.74, 6) is -0.650. The zero-order valence-electron chi connectivity index (χ0n) is 10.6. The van der Waals surface area contributed by atoms with E-state index < -0.39 is 9.84 Å². The molecule has 0 saturated carbocycles. The van der Waals surface area contributed by atoms with E-state index in [0.29, 0.717) is 19.1 Å². The average molecular weight is 262 g/mol. The van der Waals surface area contributed by atoms with Gasteiger partial charge < -0.3 is 10.2 Å². The zero-order chi connectivity index (χ0) is 12.9. The van der Waals surface area contributed by atoms with E-state index in [9.17, 15) is 13.2 Å². The number of carbonyl (C=O) groups is 1. The normalized spacial score (nSPS) is 20.5. The minimum atomic E-state index is -3.23. The number of amides is 1. The van der Waals surface area contributed by atoms with Crippen LogP contribution in [0.25, 0.3) is 0 Å². The third-order valence-corrected chi connectivity index (χ3v) is 3.61. The largest absolute Gasteiger partial charge is 0.340 e. The Morgan fingerprint density at radius 3 is 2.65 bits per heavy atom. The van der Waals surface area contributed by atoms with E-state index in [1.807, 2.05) is 6.92 Å². The Hall–Kier alpha value is -0.620. The summed E-state index contributed by atoms with van der Waals surface area (Å²) in [7, 11) is -3.23. The molecular weight excluding hydrogens is 240 g/mol. The van der Waals surface area contributed by atoms with Gasteiger partial charge >= 0.3 is 0 Å². The first kappa shape index (κ1) is 14.4. The first-order valence-corrected chi connectivity index (χ1v) is 8.17. The van der Waals surface area contributed by atoms with Gasteiger partial charge in [0.2, 0.25) is 5.91 Å². The van der Waals surface area contributed by atoms with Gasteiger partial charge in [0.05, 0.1) is 0 Å². The summed E-state index contributed by atoms with van der Waals surface area (Å²) in [4.78, 5) is 13.5. The summed E-state index contributed by atoms with van der Waals surface area (Å²) in [6, 6.07) is 0.324. The Morgan fingerprint density at radius 2 is 2.18 bits per heavy atom. The van der Waals surface area contributed by atoms with Crippen molar-refractivity contribution in [2.45, 2.75) is 32.2 Å². The molecule has 1 unspecified atom stereocenters. The van der Waals surface area contributed by atoms with Gasteiger partial charge in [-0.15, -0.1) is 0 Å². The summed E-state index contributed by atoms with van der Waals surface area (Å²) in [6.45, 7) is 4.24. The van der Waals surface area contributed by atoms with Crippen molar-refractivity contribution < 1.29 is 13.2 Å². The van der Waals surface area contributed by atoms with Gasteiger partial charge in [0.25, 0.3) is 0 Å². The van der Waals surface area contributed by atoms with Crippen molar-refractivity contribution in [3.05, 3.63) is 0 Å². The Bertz CT molecular complexity index is 348. The fraction of sp³-hybridized carbons (Fsp3) is 0.909. The van der Waals surface area contributed by atoms with Crippen molar-refractivity contribution in [2.75, 3.05) is 31.6 Å². The lowest BCUT2D eigenvalue weighted by atomic mass is 10.2. The van der Waals surface area contributed by atoms with Crippen molar-refractivity contribution >= 4 is 15.7 Å². The molecule has 0 aromatic rings. The van der Waals surface area contributed by atoms with Gasteiger partial charge in [-0.25, -0.2) is 8.42 Å². The van der Waals surface area contributed by atoms with Crippen LogP contribution in [0.1, 0.15) is 26.2 Å². The maximum atomic E-state index is 11.9. The van der Waals surface area contributed by atoms with Crippen LogP contribution in [0.2, 0.25) is 0 Å². The minimum absolute atomic E-state index is 0.275. The Balaban J connectivity index is 2.54. The summed E-state index contributed by atoms with van der Waals surface area (Å²) in [6.07, 6.45) is 4.14. The van der Waals surface area contributed by atoms with E-state index in [2.05, 4.69) is 5.32 Å². The van der Waals surface area contributed by atoms with Crippen molar-refractivity contribution in [3.8, 4) is 0 Å². The molecule has 100 valence electrons. The molecule has 1 N–H and O–H groups in total. The van der Waals surface area contributed by atoms with E-state index in [1.54, 1.807) is 4.90 Å². The molecular formula is C11H22N2O3S. The van der Waals surface area contributed by atoms with Crippen molar-refractivity contribution in [1.29, 1.82) is 0 Å². The second-order valence-corrected chi connectivity index (χ2v) is 6.84. The number of nitrogens with zero attached hydrogens (tertiary/aromatic N) is 1. The van der Waals surface area contributed by atoms with Crippen molar-refractivity contribution in [3.63, 3.8) is 0 Å². The lowest BCUT2D eigenvalue weighted by Gasteiger charge is -2.25. The Kier molecular flexibility index (Phi) is 5.39. The number of rotatable bonds is 6. The lowest BCUT2D eigenvalue weighted by molar-refractivity contribution is -0.128. The van der Waals surface area contributed by atoms with Crippen molar-refractivity contribution in [1.82, 2.24) is 10.2 Å². The SMILES string of the molecule is CCCN(CC1CCCN1)C(=O)CS(C)(=O)=O. The van der Waals surface area contributed by atoms with Gasteiger partial charge in [-0.05, 0) is 25.8 Å². The van der Waals surface area contributed by atoms with Gasteiger partial charge in [-0.1, -0.05) is 6.92 Å². The number of hydrogen-bond acceptors (Lipinski definition) is 4. The summed E-state index contributed by atoms with van der Waals surface area (Å²) in [5.41, 5.74) is 0. The fourth-order valence-electron chi connectivity index (χ4n) is 2.08. The molecule has 0 bridgehead atoms. The highest BCUT2D eigenvalue weighted by Gasteiger charge is 2.23. The zero-order valence-corrected chi connectivity index (χ0v) is 11.4. The highest BCUT2D eigenvalue weighted by atomic mass is 32.2. The topological polar surface area (TPSA) is 66.5 Å². The van der Waals surface area contributed by atoms with Gasteiger partial charge in [-0.2, -0.15) is 0 Å². The molecule has 1 fully saturated rings. The smallest absolute Gasteiger partial charge is 0.237 e. The van der Waals surface area contributed by atoms with Crippen LogP contribution in [-0.4, -0.2) is 56.9 Å². The van der Waals surface area contributed by atoms with Crippen LogP contribution in [0.3, 0.4) is 0 Å². The van der Waals surface area contributed by atoms with E-state index in [-0.39, 0.29) is 11.7 Å². The molecule has 17 heavy (non-hydrogen) atoms. The molecule has 1 heterocycles. The Morgan fingerprint density at radius 1 is 1.47 bits per heavy atom. The van der Waals surface area contributed by atoms with Crippen LogP contribution in [0.5, 0.6) is 0 Å². The molecule has 0 aromatic heterocycles. The predicted molar refractivity (Wildman–Crippen MR) is 67.6 cm³/mol. The fourth-order valence-corrected chi connectivity index (χ4v) is 2.71. The molecule has 1 aliphatic rings. The minimum Gasteiger partial charge on any atom is -0.340 e. The summed E-state index contributed by atoms with van der Waals surface area (Å²) in [5, 5.41) is 3.32. The molecule has 0 radical (unpaired) electrons. The first-order chi connectivity index (χ1) is 7.92. The molecule has 0 aliphatic carbocycles.